The maximum atomic E-state index is 12.6. The maximum absolute atomic E-state index is 12.6. The molecule has 0 N–H and O–H groups in total. The van der Waals surface area contributed by atoms with Crippen LogP contribution in [-0.4, -0.2) is 31.3 Å². The van der Waals surface area contributed by atoms with Gasteiger partial charge in [-0.3, -0.25) is 4.79 Å². The number of nitrogens with zero attached hydrogens (tertiary/aromatic N) is 5. The molecule has 0 aromatic carbocycles. The standard InChI is InChI=1S/C24H27N5O2/c1-16-6-7-18(23(26-16)31-5)19-15-25-29-12-9-20(27-22(19)29)17-8-11-28(21(30)14-17)13-10-24(2,3)4/h6-9,11-12,14-15H,10,13H2,1-5H3. The minimum absolute atomic E-state index is 0.0263. The number of hydrogen-bond donors (Lipinski definition) is 0. The molecule has 0 unspecified atom stereocenters. The lowest BCUT2D eigenvalue weighted by Crippen LogP contribution is -2.21. The smallest absolute Gasteiger partial charge is 0.251 e. The molecule has 7 nitrogen and oxygen atoms in total. The minimum atomic E-state index is -0.0263. The van der Waals surface area contributed by atoms with E-state index in [9.17, 15) is 4.79 Å². The summed E-state index contributed by atoms with van der Waals surface area (Å²) in [6.45, 7) is 9.14. The summed E-state index contributed by atoms with van der Waals surface area (Å²) in [7, 11) is 1.60. The summed E-state index contributed by atoms with van der Waals surface area (Å²) in [6.07, 6.45) is 6.38. The van der Waals surface area contributed by atoms with Crippen molar-refractivity contribution >= 4 is 5.65 Å². The van der Waals surface area contributed by atoms with E-state index >= 15 is 0 Å². The Balaban J connectivity index is 1.73. The largest absolute Gasteiger partial charge is 0.481 e. The lowest BCUT2D eigenvalue weighted by atomic mass is 9.92. The van der Waals surface area contributed by atoms with Crippen molar-refractivity contribution in [3.63, 3.8) is 0 Å². The highest BCUT2D eigenvalue weighted by atomic mass is 16.5. The Labute approximate surface area is 181 Å². The fraction of sp³-hybridized carbons (Fsp3) is 0.333. The van der Waals surface area contributed by atoms with Gasteiger partial charge >= 0.3 is 0 Å². The van der Waals surface area contributed by atoms with Crippen LogP contribution in [0.5, 0.6) is 5.88 Å². The lowest BCUT2D eigenvalue weighted by molar-refractivity contribution is 0.348. The molecule has 160 valence electrons. The molecule has 4 rings (SSSR count). The van der Waals surface area contributed by atoms with E-state index in [2.05, 4.69) is 30.9 Å². The first-order valence-corrected chi connectivity index (χ1v) is 10.3. The van der Waals surface area contributed by atoms with E-state index in [0.29, 0.717) is 23.8 Å². The molecule has 0 spiro atoms. The maximum Gasteiger partial charge on any atom is 0.251 e. The van der Waals surface area contributed by atoms with Crippen LogP contribution in [0.3, 0.4) is 0 Å². The van der Waals surface area contributed by atoms with Crippen molar-refractivity contribution in [3.05, 3.63) is 65.0 Å². The van der Waals surface area contributed by atoms with Gasteiger partial charge in [-0.15, -0.1) is 0 Å². The molecule has 0 radical (unpaired) electrons. The van der Waals surface area contributed by atoms with Crippen LogP contribution in [0.2, 0.25) is 0 Å². The Morgan fingerprint density at radius 3 is 2.55 bits per heavy atom. The van der Waals surface area contributed by atoms with Crippen LogP contribution in [0.15, 0.2) is 53.7 Å². The summed E-state index contributed by atoms with van der Waals surface area (Å²) in [5.41, 5.74) is 4.84. The van der Waals surface area contributed by atoms with Crippen LogP contribution in [0.1, 0.15) is 32.9 Å². The summed E-state index contributed by atoms with van der Waals surface area (Å²) in [5.74, 6) is 0.531. The number of ether oxygens (including phenoxy) is 1. The molecular weight excluding hydrogens is 390 g/mol. The predicted molar refractivity (Wildman–Crippen MR) is 121 cm³/mol. The third-order valence-corrected chi connectivity index (χ3v) is 5.25. The second-order valence-corrected chi connectivity index (χ2v) is 8.91. The van der Waals surface area contributed by atoms with E-state index in [0.717, 1.165) is 28.8 Å². The summed E-state index contributed by atoms with van der Waals surface area (Å²) < 4.78 is 8.93. The third-order valence-electron chi connectivity index (χ3n) is 5.25. The first-order chi connectivity index (χ1) is 14.7. The van der Waals surface area contributed by atoms with Crippen molar-refractivity contribution in [3.8, 4) is 28.3 Å². The Bertz CT molecular complexity index is 1300. The van der Waals surface area contributed by atoms with Crippen LogP contribution in [0.4, 0.5) is 0 Å². The van der Waals surface area contributed by atoms with Gasteiger partial charge in [0.2, 0.25) is 5.88 Å². The first kappa shape index (κ1) is 20.8. The first-order valence-electron chi connectivity index (χ1n) is 10.3. The van der Waals surface area contributed by atoms with Gasteiger partial charge in [0.05, 0.1) is 24.6 Å². The molecule has 0 aliphatic heterocycles. The molecule has 31 heavy (non-hydrogen) atoms. The van der Waals surface area contributed by atoms with Crippen molar-refractivity contribution < 1.29 is 4.74 Å². The number of hydrogen-bond acceptors (Lipinski definition) is 5. The summed E-state index contributed by atoms with van der Waals surface area (Å²) in [6, 6.07) is 9.34. The molecule has 7 heteroatoms. The van der Waals surface area contributed by atoms with Gasteiger partial charge in [-0.2, -0.15) is 5.10 Å². The van der Waals surface area contributed by atoms with Crippen LogP contribution in [0, 0.1) is 12.3 Å². The summed E-state index contributed by atoms with van der Waals surface area (Å²) >= 11 is 0. The number of fused-ring (bicyclic) bond motifs is 1. The van der Waals surface area contributed by atoms with E-state index in [1.165, 1.54) is 0 Å². The quantitative estimate of drug-likeness (QED) is 0.482. The summed E-state index contributed by atoms with van der Waals surface area (Å²) in [5, 5.41) is 4.41. The van der Waals surface area contributed by atoms with Crippen molar-refractivity contribution in [2.24, 2.45) is 5.41 Å². The molecule has 0 amide bonds. The fourth-order valence-corrected chi connectivity index (χ4v) is 3.42. The highest BCUT2D eigenvalue weighted by Crippen LogP contribution is 2.31. The molecule has 4 aromatic rings. The van der Waals surface area contributed by atoms with E-state index in [1.54, 1.807) is 28.5 Å². The van der Waals surface area contributed by atoms with Crippen molar-refractivity contribution in [2.45, 2.75) is 40.7 Å². The molecule has 0 bridgehead atoms. The molecule has 0 fully saturated rings. The number of pyridine rings is 2. The van der Waals surface area contributed by atoms with Crippen molar-refractivity contribution in [1.82, 2.24) is 24.1 Å². The third kappa shape index (κ3) is 4.35. The second kappa shape index (κ2) is 7.98. The van der Waals surface area contributed by atoms with E-state index in [-0.39, 0.29) is 11.0 Å². The topological polar surface area (TPSA) is 74.3 Å². The van der Waals surface area contributed by atoms with Crippen LogP contribution < -0.4 is 10.3 Å². The second-order valence-electron chi connectivity index (χ2n) is 8.91. The average Bonchev–Trinajstić information content (AvgIpc) is 3.15. The predicted octanol–water partition coefficient (Wildman–Crippen LogP) is 4.37. The number of aromatic nitrogens is 5. The van der Waals surface area contributed by atoms with Crippen LogP contribution in [0.25, 0.3) is 28.0 Å². The molecule has 4 aromatic heterocycles. The lowest BCUT2D eigenvalue weighted by Gasteiger charge is -2.18. The van der Waals surface area contributed by atoms with Gasteiger partial charge in [-0.1, -0.05) is 20.8 Å². The highest BCUT2D eigenvalue weighted by Gasteiger charge is 2.16. The zero-order chi connectivity index (χ0) is 22.2. The Morgan fingerprint density at radius 2 is 1.84 bits per heavy atom. The van der Waals surface area contributed by atoms with E-state index < -0.39 is 0 Å². The van der Waals surface area contributed by atoms with E-state index in [1.807, 2.05) is 43.6 Å². The average molecular weight is 418 g/mol. The van der Waals surface area contributed by atoms with Crippen molar-refractivity contribution in [2.75, 3.05) is 7.11 Å². The van der Waals surface area contributed by atoms with Gasteiger partial charge in [0.25, 0.3) is 5.56 Å². The monoisotopic (exact) mass is 417 g/mol. The zero-order valence-corrected chi connectivity index (χ0v) is 18.6. The SMILES string of the molecule is COc1nc(C)ccc1-c1cnn2ccc(-c3ccn(CCC(C)(C)C)c(=O)c3)nc12. The molecular formula is C24H27N5O2. The highest BCUT2D eigenvalue weighted by molar-refractivity contribution is 5.81. The van der Waals surface area contributed by atoms with Gasteiger partial charge in [0, 0.05) is 41.8 Å². The Hall–Kier alpha value is -3.48. The molecule has 0 saturated heterocycles. The number of rotatable bonds is 5. The number of methoxy groups -OCH3 is 1. The summed E-state index contributed by atoms with van der Waals surface area (Å²) in [4.78, 5) is 21.9. The van der Waals surface area contributed by atoms with Gasteiger partial charge < -0.3 is 9.30 Å². The van der Waals surface area contributed by atoms with Crippen LogP contribution >= 0.6 is 0 Å². The number of aryl methyl sites for hydroxylation is 2. The molecule has 0 aliphatic carbocycles. The molecule has 4 heterocycles. The molecule has 0 atom stereocenters. The van der Waals surface area contributed by atoms with Gasteiger partial charge in [0.15, 0.2) is 5.65 Å². The van der Waals surface area contributed by atoms with Crippen LogP contribution in [-0.2, 0) is 6.54 Å². The van der Waals surface area contributed by atoms with Gasteiger partial charge in [0.1, 0.15) is 0 Å². The fourth-order valence-electron chi connectivity index (χ4n) is 3.42. The van der Waals surface area contributed by atoms with E-state index in [4.69, 9.17) is 9.72 Å². The zero-order valence-electron chi connectivity index (χ0n) is 18.6. The Kier molecular flexibility index (Phi) is 5.35. The molecule has 0 aliphatic rings. The van der Waals surface area contributed by atoms with Gasteiger partial charge in [-0.05, 0) is 43.0 Å². The van der Waals surface area contributed by atoms with Gasteiger partial charge in [-0.25, -0.2) is 14.5 Å². The Morgan fingerprint density at radius 1 is 1.03 bits per heavy atom. The normalized spacial score (nSPS) is 11.8. The molecule has 0 saturated carbocycles. The van der Waals surface area contributed by atoms with Crippen molar-refractivity contribution in [1.29, 1.82) is 0 Å². The minimum Gasteiger partial charge on any atom is -0.481 e.